The summed E-state index contributed by atoms with van der Waals surface area (Å²) < 4.78 is 14.5. The van der Waals surface area contributed by atoms with E-state index in [2.05, 4.69) is 0 Å². The van der Waals surface area contributed by atoms with Gasteiger partial charge in [0.2, 0.25) is 0 Å². The standard InChI is InChI=1S/C15H17NO7/c1-4-22-14(17)12(15(18)23-5-2)8-10-6-7-11(21-3)9-13(10)16(19)20/h6-9H,4-5H2,1-3H3. The zero-order valence-corrected chi connectivity index (χ0v) is 13.0. The average molecular weight is 323 g/mol. The van der Waals surface area contributed by atoms with Gasteiger partial charge in [-0.05, 0) is 32.1 Å². The number of carbonyl (C=O) groups excluding carboxylic acids is 2. The van der Waals surface area contributed by atoms with Gasteiger partial charge in [-0.2, -0.15) is 0 Å². The number of hydrogen-bond acceptors (Lipinski definition) is 7. The summed E-state index contributed by atoms with van der Waals surface area (Å²) in [5, 5.41) is 11.2. The van der Waals surface area contributed by atoms with Crippen molar-refractivity contribution in [2.24, 2.45) is 0 Å². The number of nitro groups is 1. The lowest BCUT2D eigenvalue weighted by Crippen LogP contribution is -2.18. The Balaban J connectivity index is 3.37. The van der Waals surface area contributed by atoms with Crippen molar-refractivity contribution in [3.63, 3.8) is 0 Å². The zero-order valence-electron chi connectivity index (χ0n) is 13.0. The maximum absolute atomic E-state index is 11.9. The highest BCUT2D eigenvalue weighted by Crippen LogP contribution is 2.27. The molecule has 0 saturated heterocycles. The molecule has 1 aromatic rings. The summed E-state index contributed by atoms with van der Waals surface area (Å²) in [6.07, 6.45) is 1.08. The van der Waals surface area contributed by atoms with Crippen molar-refractivity contribution in [3.8, 4) is 5.75 Å². The lowest BCUT2D eigenvalue weighted by Gasteiger charge is -2.07. The van der Waals surface area contributed by atoms with Gasteiger partial charge in [0, 0.05) is 0 Å². The number of benzene rings is 1. The van der Waals surface area contributed by atoms with Crippen LogP contribution in [-0.2, 0) is 19.1 Å². The van der Waals surface area contributed by atoms with Gasteiger partial charge in [-0.3, -0.25) is 10.1 Å². The molecule has 0 heterocycles. The van der Waals surface area contributed by atoms with Crippen LogP contribution < -0.4 is 4.74 Å². The summed E-state index contributed by atoms with van der Waals surface area (Å²) in [7, 11) is 1.37. The molecule has 124 valence electrons. The van der Waals surface area contributed by atoms with Crippen LogP contribution in [0.3, 0.4) is 0 Å². The Bertz CT molecular complexity index is 617. The number of nitrogens with zero attached hydrogens (tertiary/aromatic N) is 1. The Morgan fingerprint density at radius 3 is 2.17 bits per heavy atom. The summed E-state index contributed by atoms with van der Waals surface area (Å²) in [5.74, 6) is -1.53. The van der Waals surface area contributed by atoms with Gasteiger partial charge in [-0.1, -0.05) is 0 Å². The topological polar surface area (TPSA) is 105 Å². The van der Waals surface area contributed by atoms with Crippen molar-refractivity contribution >= 4 is 23.7 Å². The smallest absolute Gasteiger partial charge is 0.345 e. The second-order valence-electron chi connectivity index (χ2n) is 4.18. The van der Waals surface area contributed by atoms with E-state index in [1.165, 1.54) is 25.3 Å². The third-order valence-corrected chi connectivity index (χ3v) is 2.72. The van der Waals surface area contributed by atoms with E-state index in [0.717, 1.165) is 6.08 Å². The fraction of sp³-hybridized carbons (Fsp3) is 0.333. The molecule has 1 rings (SSSR count). The second kappa shape index (κ2) is 8.52. The first-order valence-electron chi connectivity index (χ1n) is 6.82. The SMILES string of the molecule is CCOC(=O)C(=Cc1ccc(OC)cc1[N+](=O)[O-])C(=O)OCC. The van der Waals surface area contributed by atoms with Crippen molar-refractivity contribution in [1.29, 1.82) is 0 Å². The van der Waals surface area contributed by atoms with Crippen LogP contribution in [0, 0.1) is 10.1 Å². The molecule has 23 heavy (non-hydrogen) atoms. The molecule has 0 amide bonds. The van der Waals surface area contributed by atoms with E-state index in [0.29, 0.717) is 0 Å². The van der Waals surface area contributed by atoms with Crippen LogP contribution in [0.25, 0.3) is 6.08 Å². The molecule has 0 radical (unpaired) electrons. The van der Waals surface area contributed by atoms with E-state index in [-0.39, 0.29) is 30.2 Å². The van der Waals surface area contributed by atoms with Gasteiger partial charge in [-0.25, -0.2) is 9.59 Å². The van der Waals surface area contributed by atoms with Crippen LogP contribution in [0.15, 0.2) is 23.8 Å². The molecule has 0 aliphatic carbocycles. The molecule has 0 spiro atoms. The molecule has 1 aromatic carbocycles. The highest BCUT2D eigenvalue weighted by molar-refractivity contribution is 6.18. The zero-order chi connectivity index (χ0) is 17.4. The fourth-order valence-corrected chi connectivity index (χ4v) is 1.71. The minimum Gasteiger partial charge on any atom is -0.497 e. The Labute approximate surface area is 132 Å². The quantitative estimate of drug-likeness (QED) is 0.189. The number of nitro benzene ring substituents is 1. The van der Waals surface area contributed by atoms with Crippen molar-refractivity contribution in [1.82, 2.24) is 0 Å². The van der Waals surface area contributed by atoms with Crippen LogP contribution in [0.1, 0.15) is 19.4 Å². The minimum atomic E-state index is -0.906. The highest BCUT2D eigenvalue weighted by Gasteiger charge is 2.23. The number of rotatable bonds is 7. The summed E-state index contributed by atoms with van der Waals surface area (Å²) >= 11 is 0. The molecule has 0 N–H and O–H groups in total. The van der Waals surface area contributed by atoms with Crippen LogP contribution in [0.4, 0.5) is 5.69 Å². The van der Waals surface area contributed by atoms with E-state index >= 15 is 0 Å². The van der Waals surface area contributed by atoms with Crippen molar-refractivity contribution in [2.75, 3.05) is 20.3 Å². The molecular weight excluding hydrogens is 306 g/mol. The van der Waals surface area contributed by atoms with Crippen LogP contribution in [0.5, 0.6) is 5.75 Å². The summed E-state index contributed by atoms with van der Waals surface area (Å²) in [6.45, 7) is 3.27. The molecular formula is C15H17NO7. The third-order valence-electron chi connectivity index (χ3n) is 2.72. The summed E-state index contributed by atoms with van der Waals surface area (Å²) in [4.78, 5) is 34.3. The average Bonchev–Trinajstić information content (AvgIpc) is 2.52. The Morgan fingerprint density at radius 2 is 1.74 bits per heavy atom. The molecule has 0 bridgehead atoms. The van der Waals surface area contributed by atoms with Gasteiger partial charge in [0.05, 0.1) is 36.9 Å². The Morgan fingerprint density at radius 1 is 1.17 bits per heavy atom. The number of esters is 2. The maximum Gasteiger partial charge on any atom is 0.345 e. The van der Waals surface area contributed by atoms with Crippen molar-refractivity contribution in [2.45, 2.75) is 13.8 Å². The third kappa shape index (κ3) is 4.80. The lowest BCUT2D eigenvalue weighted by atomic mass is 10.1. The largest absolute Gasteiger partial charge is 0.497 e. The lowest BCUT2D eigenvalue weighted by molar-refractivity contribution is -0.385. The molecule has 8 heteroatoms. The van der Waals surface area contributed by atoms with Gasteiger partial charge < -0.3 is 14.2 Å². The van der Waals surface area contributed by atoms with Gasteiger partial charge in [0.25, 0.3) is 5.69 Å². The van der Waals surface area contributed by atoms with E-state index < -0.39 is 22.4 Å². The highest BCUT2D eigenvalue weighted by atomic mass is 16.6. The first-order chi connectivity index (χ1) is 10.9. The van der Waals surface area contributed by atoms with E-state index in [1.807, 2.05) is 0 Å². The van der Waals surface area contributed by atoms with Crippen molar-refractivity contribution < 1.29 is 28.7 Å². The molecule has 0 aliphatic rings. The number of carbonyl (C=O) groups is 2. The molecule has 0 unspecified atom stereocenters. The van der Waals surface area contributed by atoms with Gasteiger partial charge in [0.15, 0.2) is 0 Å². The maximum atomic E-state index is 11.9. The normalized spacial score (nSPS) is 9.70. The first-order valence-corrected chi connectivity index (χ1v) is 6.82. The molecule has 0 atom stereocenters. The van der Waals surface area contributed by atoms with Gasteiger partial charge in [-0.15, -0.1) is 0 Å². The minimum absolute atomic E-state index is 0.0558. The monoisotopic (exact) mass is 323 g/mol. The van der Waals surface area contributed by atoms with Gasteiger partial charge >= 0.3 is 11.9 Å². The first kappa shape index (κ1) is 18.1. The summed E-state index contributed by atoms with van der Waals surface area (Å²) in [6, 6.07) is 4.04. The fourth-order valence-electron chi connectivity index (χ4n) is 1.71. The van der Waals surface area contributed by atoms with Gasteiger partial charge in [0.1, 0.15) is 11.3 Å². The van der Waals surface area contributed by atoms with Crippen LogP contribution >= 0.6 is 0 Å². The molecule has 0 aromatic heterocycles. The number of ether oxygens (including phenoxy) is 3. The predicted octanol–water partition coefficient (Wildman–Crippen LogP) is 2.11. The van der Waals surface area contributed by atoms with Crippen LogP contribution in [0.2, 0.25) is 0 Å². The summed E-state index contributed by atoms with van der Waals surface area (Å²) in [5.41, 5.74) is -0.663. The van der Waals surface area contributed by atoms with E-state index in [9.17, 15) is 19.7 Å². The van der Waals surface area contributed by atoms with Crippen molar-refractivity contribution in [3.05, 3.63) is 39.4 Å². The second-order valence-corrected chi connectivity index (χ2v) is 4.18. The van der Waals surface area contributed by atoms with Crippen LogP contribution in [-0.4, -0.2) is 37.2 Å². The van der Waals surface area contributed by atoms with E-state index in [4.69, 9.17) is 14.2 Å². The Hall–Kier alpha value is -2.90. The predicted molar refractivity (Wildman–Crippen MR) is 80.9 cm³/mol. The number of hydrogen-bond donors (Lipinski definition) is 0. The Kier molecular flexibility index (Phi) is 6.72. The van der Waals surface area contributed by atoms with E-state index in [1.54, 1.807) is 13.8 Å². The molecule has 8 nitrogen and oxygen atoms in total. The molecule has 0 fully saturated rings. The molecule has 0 saturated carbocycles. The number of methoxy groups -OCH3 is 1. The molecule has 0 aliphatic heterocycles.